The number of carbonyl (C=O) groups excluding carboxylic acids is 2. The number of hydrogen-bond acceptors (Lipinski definition) is 5. The number of benzene rings is 1. The van der Waals surface area contributed by atoms with E-state index in [1.165, 1.54) is 18.2 Å². The van der Waals surface area contributed by atoms with Gasteiger partial charge in [0.05, 0.1) is 16.9 Å². The van der Waals surface area contributed by atoms with Gasteiger partial charge in [-0.15, -0.1) is 0 Å². The van der Waals surface area contributed by atoms with Gasteiger partial charge in [0.2, 0.25) is 11.8 Å². The molecule has 3 aliphatic heterocycles. The van der Waals surface area contributed by atoms with Crippen LogP contribution in [-0.2, 0) is 24.2 Å². The van der Waals surface area contributed by atoms with Crippen LogP contribution in [0.3, 0.4) is 0 Å². The van der Waals surface area contributed by atoms with E-state index >= 15 is 0 Å². The summed E-state index contributed by atoms with van der Waals surface area (Å²) in [6.45, 7) is 1.93. The summed E-state index contributed by atoms with van der Waals surface area (Å²) < 4.78 is 45.1. The molecular weight excluding hydrogens is 411 g/mol. The Morgan fingerprint density at radius 2 is 1.83 bits per heavy atom. The average Bonchev–Trinajstić information content (AvgIpc) is 3.05. The summed E-state index contributed by atoms with van der Waals surface area (Å²) in [5, 5.41) is -0.958. The van der Waals surface area contributed by atoms with Crippen LogP contribution in [0.2, 0.25) is 0 Å². The van der Waals surface area contributed by atoms with Crippen molar-refractivity contribution in [3.63, 3.8) is 0 Å². The fraction of sp³-hybridized carbons (Fsp3) is 0.619. The van der Waals surface area contributed by atoms with Crippen LogP contribution >= 0.6 is 0 Å². The van der Waals surface area contributed by atoms with E-state index in [4.69, 9.17) is 4.74 Å². The lowest BCUT2D eigenvalue weighted by Gasteiger charge is -2.31. The molecule has 9 heteroatoms. The van der Waals surface area contributed by atoms with Gasteiger partial charge in [-0.25, -0.2) is 12.8 Å². The second-order valence-corrected chi connectivity index (χ2v) is 10.6. The standard InChI is InChI=1S/C21H27FN2O5S/c22-18-4-2-1-3-17(18)19-5-8-23(9-12-30(19,27)28)21(26)15-13-20(25)24(14-15)16-6-10-29-11-7-16/h1-4,15-16,19H,5-14H2. The monoisotopic (exact) mass is 438 g/mol. The van der Waals surface area contributed by atoms with Crippen molar-refractivity contribution in [3.8, 4) is 0 Å². The van der Waals surface area contributed by atoms with Crippen molar-refractivity contribution >= 4 is 21.7 Å². The minimum atomic E-state index is -3.59. The second-order valence-electron chi connectivity index (χ2n) is 8.28. The van der Waals surface area contributed by atoms with E-state index in [9.17, 15) is 22.4 Å². The minimum absolute atomic E-state index is 0.0214. The molecule has 3 saturated heterocycles. The molecule has 2 amide bonds. The van der Waals surface area contributed by atoms with Gasteiger partial charge in [0.25, 0.3) is 0 Å². The van der Waals surface area contributed by atoms with Crippen molar-refractivity contribution in [3.05, 3.63) is 35.6 Å². The molecule has 0 bridgehead atoms. The Morgan fingerprint density at radius 1 is 1.10 bits per heavy atom. The third-order valence-electron chi connectivity index (χ3n) is 6.44. The molecule has 3 aliphatic rings. The Balaban J connectivity index is 1.44. The molecule has 0 aromatic heterocycles. The molecule has 0 N–H and O–H groups in total. The van der Waals surface area contributed by atoms with Gasteiger partial charge in [-0.3, -0.25) is 9.59 Å². The first-order valence-corrected chi connectivity index (χ1v) is 12.2. The van der Waals surface area contributed by atoms with Crippen molar-refractivity contribution in [1.82, 2.24) is 9.80 Å². The van der Waals surface area contributed by atoms with Crippen molar-refractivity contribution in [2.45, 2.75) is 37.0 Å². The zero-order chi connectivity index (χ0) is 21.3. The smallest absolute Gasteiger partial charge is 0.228 e. The van der Waals surface area contributed by atoms with Gasteiger partial charge >= 0.3 is 0 Å². The highest BCUT2D eigenvalue weighted by Gasteiger charge is 2.41. The maximum absolute atomic E-state index is 14.2. The Bertz CT molecular complexity index is 916. The molecule has 0 radical (unpaired) electrons. The van der Waals surface area contributed by atoms with Gasteiger partial charge in [0.15, 0.2) is 9.84 Å². The number of sulfone groups is 1. The predicted octanol–water partition coefficient (Wildman–Crippen LogP) is 1.54. The highest BCUT2D eigenvalue weighted by molar-refractivity contribution is 7.91. The molecule has 3 heterocycles. The van der Waals surface area contributed by atoms with E-state index in [1.807, 2.05) is 0 Å². The molecule has 0 spiro atoms. The topological polar surface area (TPSA) is 84.0 Å². The molecule has 7 nitrogen and oxygen atoms in total. The third-order valence-corrected chi connectivity index (χ3v) is 8.55. The Hall–Kier alpha value is -2.00. The van der Waals surface area contributed by atoms with Crippen molar-refractivity contribution in [2.75, 3.05) is 38.6 Å². The normalized spacial score (nSPS) is 27.8. The van der Waals surface area contributed by atoms with E-state index in [1.54, 1.807) is 15.9 Å². The number of carbonyl (C=O) groups is 2. The van der Waals surface area contributed by atoms with Crippen molar-refractivity contribution in [2.24, 2.45) is 5.92 Å². The number of likely N-dealkylation sites (tertiary alicyclic amines) is 1. The van der Waals surface area contributed by atoms with Gasteiger partial charge in [0, 0.05) is 50.9 Å². The first kappa shape index (κ1) is 21.2. The minimum Gasteiger partial charge on any atom is -0.381 e. The highest BCUT2D eigenvalue weighted by atomic mass is 32.2. The number of ether oxygens (including phenoxy) is 1. The highest BCUT2D eigenvalue weighted by Crippen LogP contribution is 2.32. The summed E-state index contributed by atoms with van der Waals surface area (Å²) >= 11 is 0. The largest absolute Gasteiger partial charge is 0.381 e. The fourth-order valence-corrected chi connectivity index (χ4v) is 6.56. The lowest BCUT2D eigenvalue weighted by molar-refractivity contribution is -0.135. The van der Waals surface area contributed by atoms with Gasteiger partial charge in [-0.1, -0.05) is 18.2 Å². The zero-order valence-electron chi connectivity index (χ0n) is 16.8. The summed E-state index contributed by atoms with van der Waals surface area (Å²) in [6.07, 6.45) is 1.87. The van der Waals surface area contributed by atoms with E-state index in [2.05, 4.69) is 0 Å². The number of nitrogens with zero attached hydrogens (tertiary/aromatic N) is 2. The van der Waals surface area contributed by atoms with Crippen LogP contribution in [0.4, 0.5) is 4.39 Å². The Morgan fingerprint density at radius 3 is 2.57 bits per heavy atom. The van der Waals surface area contributed by atoms with Crippen LogP contribution in [0.5, 0.6) is 0 Å². The number of halogens is 1. The van der Waals surface area contributed by atoms with E-state index < -0.39 is 26.8 Å². The molecule has 1 aromatic rings. The van der Waals surface area contributed by atoms with Crippen LogP contribution in [0.25, 0.3) is 0 Å². The van der Waals surface area contributed by atoms with Crippen LogP contribution in [0.1, 0.15) is 36.5 Å². The van der Waals surface area contributed by atoms with Gasteiger partial charge in [-0.05, 0) is 25.3 Å². The predicted molar refractivity (Wildman–Crippen MR) is 108 cm³/mol. The average molecular weight is 439 g/mol. The molecule has 4 rings (SSSR count). The SMILES string of the molecule is O=C(C1CC(=O)N(C2CCOCC2)C1)N1CCC(c2ccccc2F)S(=O)(=O)CC1. The summed E-state index contributed by atoms with van der Waals surface area (Å²) in [6, 6.07) is 6.01. The molecule has 1 aromatic carbocycles. The quantitative estimate of drug-likeness (QED) is 0.715. The molecule has 0 saturated carbocycles. The molecule has 30 heavy (non-hydrogen) atoms. The van der Waals surface area contributed by atoms with E-state index in [-0.39, 0.29) is 55.1 Å². The van der Waals surface area contributed by atoms with Gasteiger partial charge in [-0.2, -0.15) is 0 Å². The van der Waals surface area contributed by atoms with Crippen molar-refractivity contribution < 1.29 is 27.1 Å². The summed E-state index contributed by atoms with van der Waals surface area (Å²) in [5.41, 5.74) is 0.161. The van der Waals surface area contributed by atoms with Gasteiger partial charge in [0.1, 0.15) is 5.82 Å². The number of hydrogen-bond donors (Lipinski definition) is 0. The molecule has 2 atom stereocenters. The van der Waals surface area contributed by atoms with Crippen LogP contribution < -0.4 is 0 Å². The van der Waals surface area contributed by atoms with Gasteiger partial charge < -0.3 is 14.5 Å². The summed E-state index contributed by atoms with van der Waals surface area (Å²) in [4.78, 5) is 28.9. The fourth-order valence-electron chi connectivity index (χ4n) is 4.75. The van der Waals surface area contributed by atoms with Crippen LogP contribution in [-0.4, -0.2) is 74.7 Å². The molecule has 0 aliphatic carbocycles. The second kappa shape index (κ2) is 8.63. The van der Waals surface area contributed by atoms with Crippen LogP contribution in [0, 0.1) is 11.7 Å². The van der Waals surface area contributed by atoms with E-state index in [0.29, 0.717) is 19.8 Å². The molecule has 2 unspecified atom stereocenters. The van der Waals surface area contributed by atoms with E-state index in [0.717, 1.165) is 12.8 Å². The van der Waals surface area contributed by atoms with Crippen molar-refractivity contribution in [1.29, 1.82) is 0 Å². The Kier molecular flexibility index (Phi) is 6.11. The lowest BCUT2D eigenvalue weighted by Crippen LogP contribution is -2.42. The zero-order valence-corrected chi connectivity index (χ0v) is 17.7. The molecule has 3 fully saturated rings. The first-order chi connectivity index (χ1) is 14.4. The lowest BCUT2D eigenvalue weighted by atomic mass is 10.1. The van der Waals surface area contributed by atoms with Crippen LogP contribution in [0.15, 0.2) is 24.3 Å². The Labute approximate surface area is 176 Å². The number of rotatable bonds is 3. The maximum Gasteiger partial charge on any atom is 0.228 e. The third kappa shape index (κ3) is 4.23. The maximum atomic E-state index is 14.2. The summed E-state index contributed by atoms with van der Waals surface area (Å²) in [5.74, 6) is -1.40. The summed E-state index contributed by atoms with van der Waals surface area (Å²) in [7, 11) is -3.59. The molecule has 164 valence electrons. The first-order valence-electron chi connectivity index (χ1n) is 10.5. The number of amides is 2. The molecular formula is C21H27FN2O5S.